The molecule has 2 amide bonds. The monoisotopic (exact) mass is 548 g/mol. The molecule has 0 aromatic rings. The van der Waals surface area contributed by atoms with E-state index in [4.69, 9.17) is 14.6 Å². The van der Waals surface area contributed by atoms with Crippen LogP contribution in [0.1, 0.15) is 65.7 Å². The van der Waals surface area contributed by atoms with Gasteiger partial charge in [0.2, 0.25) is 11.8 Å². The fourth-order valence-electron chi connectivity index (χ4n) is 3.48. The smallest absolute Gasteiger partial charge is 0.303 e. The second-order valence-corrected chi connectivity index (χ2v) is 10.8. The number of hydrogen-bond acceptors (Lipinski definition) is 10. The van der Waals surface area contributed by atoms with Crippen molar-refractivity contribution in [1.82, 2.24) is 10.6 Å². The first-order chi connectivity index (χ1) is 17.3. The van der Waals surface area contributed by atoms with Gasteiger partial charge in [-0.05, 0) is 12.8 Å². The number of carbonyl (C=O) groups excluding carboxylic acids is 4. The predicted molar refractivity (Wildman–Crippen MR) is 135 cm³/mol. The van der Waals surface area contributed by atoms with Gasteiger partial charge in [0.05, 0.1) is 31.7 Å². The Morgan fingerprint density at radius 1 is 1.03 bits per heavy atom. The van der Waals surface area contributed by atoms with E-state index < -0.39 is 47.7 Å². The van der Waals surface area contributed by atoms with Crippen LogP contribution >= 0.6 is 11.8 Å². The predicted octanol–water partition coefficient (Wildman–Crippen LogP) is 0.372. The molecule has 5 N–H and O–H groups in total. The molecule has 0 aliphatic carbocycles. The average Bonchev–Trinajstić information content (AvgIpc) is 2.81. The number of aliphatic carboxylic acids is 1. The highest BCUT2D eigenvalue weighted by molar-refractivity contribution is 8.13. The molecule has 13 heteroatoms. The minimum absolute atomic E-state index is 0.0126. The largest absolute Gasteiger partial charge is 0.481 e. The van der Waals surface area contributed by atoms with E-state index in [1.54, 1.807) is 0 Å². The van der Waals surface area contributed by atoms with Crippen molar-refractivity contribution in [2.24, 2.45) is 5.41 Å². The first-order valence-corrected chi connectivity index (χ1v) is 13.4. The Hall–Kier alpha value is -2.06. The molecule has 1 aliphatic heterocycles. The number of amides is 2. The Morgan fingerprint density at radius 2 is 1.73 bits per heavy atom. The van der Waals surface area contributed by atoms with Gasteiger partial charge in [-0.2, -0.15) is 0 Å². The lowest BCUT2D eigenvalue weighted by atomic mass is 9.85. The van der Waals surface area contributed by atoms with Crippen LogP contribution in [0.15, 0.2) is 0 Å². The molecule has 0 radical (unpaired) electrons. The van der Waals surface area contributed by atoms with E-state index in [-0.39, 0.29) is 75.0 Å². The summed E-state index contributed by atoms with van der Waals surface area (Å²) < 4.78 is 11.4. The molecule has 212 valence electrons. The molecule has 0 saturated carbocycles. The van der Waals surface area contributed by atoms with Gasteiger partial charge in [0.25, 0.3) is 0 Å². The molecule has 1 rings (SSSR count). The summed E-state index contributed by atoms with van der Waals surface area (Å²) >= 11 is 0.885. The third-order valence-electron chi connectivity index (χ3n) is 5.65. The quantitative estimate of drug-likeness (QED) is 0.125. The third kappa shape index (κ3) is 13.9. The van der Waals surface area contributed by atoms with E-state index >= 15 is 0 Å². The van der Waals surface area contributed by atoms with Gasteiger partial charge in [-0.15, -0.1) is 0 Å². The highest BCUT2D eigenvalue weighted by Gasteiger charge is 2.43. The Kier molecular flexibility index (Phi) is 14.9. The van der Waals surface area contributed by atoms with Crippen molar-refractivity contribution < 1.29 is 48.8 Å². The molecule has 12 nitrogen and oxygen atoms in total. The zero-order chi connectivity index (χ0) is 28.0. The standard InChI is InChI=1S/C24H40N2O10S/c1-4-15(27)11-17(29)13-21-35-14-24(2,3)22(36-21)23(34)26-8-7-18(30)25-9-10-37-20(33)12-16(28)5-6-19(31)32/h15,17,21-22,27,29H,4-14H2,1-3H3,(H,25,30)(H,26,34)(H,31,32)/t15?,17?,21?,22-/m0/s1. The minimum Gasteiger partial charge on any atom is -0.481 e. The fourth-order valence-corrected chi connectivity index (χ4v) is 4.18. The van der Waals surface area contributed by atoms with E-state index in [9.17, 15) is 34.2 Å². The van der Waals surface area contributed by atoms with Crippen molar-refractivity contribution in [2.45, 2.75) is 90.3 Å². The third-order valence-corrected chi connectivity index (χ3v) is 6.53. The van der Waals surface area contributed by atoms with E-state index in [1.807, 2.05) is 20.8 Å². The van der Waals surface area contributed by atoms with Gasteiger partial charge < -0.3 is 35.4 Å². The highest BCUT2D eigenvalue weighted by atomic mass is 32.2. The topological polar surface area (TPSA) is 189 Å². The summed E-state index contributed by atoms with van der Waals surface area (Å²) in [4.78, 5) is 58.4. The molecule has 4 atom stereocenters. The van der Waals surface area contributed by atoms with E-state index in [0.717, 1.165) is 11.8 Å². The molecule has 1 fully saturated rings. The molecule has 0 aromatic carbocycles. The molecular formula is C24H40N2O10S. The van der Waals surface area contributed by atoms with Crippen molar-refractivity contribution in [3.05, 3.63) is 0 Å². The average molecular weight is 549 g/mol. The number of thioether (sulfide) groups is 1. The lowest BCUT2D eigenvalue weighted by Crippen LogP contribution is -2.54. The number of aliphatic hydroxyl groups is 2. The van der Waals surface area contributed by atoms with Gasteiger partial charge in [0.1, 0.15) is 11.9 Å². The lowest BCUT2D eigenvalue weighted by Gasteiger charge is -2.41. The van der Waals surface area contributed by atoms with E-state index in [0.29, 0.717) is 6.42 Å². The van der Waals surface area contributed by atoms with Crippen LogP contribution in [-0.4, -0.2) is 94.1 Å². The normalized spacial score (nSPS) is 20.5. The number of aliphatic hydroxyl groups excluding tert-OH is 2. The maximum Gasteiger partial charge on any atom is 0.303 e. The van der Waals surface area contributed by atoms with Crippen LogP contribution in [0, 0.1) is 5.41 Å². The first-order valence-electron chi connectivity index (χ1n) is 12.4. The number of hydrogen-bond donors (Lipinski definition) is 5. The molecule has 3 unspecified atom stereocenters. The Balaban J connectivity index is 2.31. The molecule has 0 spiro atoms. The van der Waals surface area contributed by atoms with Crippen molar-refractivity contribution in [3.63, 3.8) is 0 Å². The van der Waals surface area contributed by atoms with Gasteiger partial charge in [0.15, 0.2) is 11.4 Å². The van der Waals surface area contributed by atoms with Crippen molar-refractivity contribution in [1.29, 1.82) is 0 Å². The first kappa shape index (κ1) is 33.0. The second-order valence-electron chi connectivity index (χ2n) is 9.65. The summed E-state index contributed by atoms with van der Waals surface area (Å²) in [6, 6.07) is 0. The van der Waals surface area contributed by atoms with Crippen molar-refractivity contribution in [3.8, 4) is 0 Å². The van der Waals surface area contributed by atoms with E-state index in [1.165, 1.54) is 0 Å². The summed E-state index contributed by atoms with van der Waals surface area (Å²) in [6.07, 6.45) is -3.11. The van der Waals surface area contributed by atoms with Crippen LogP contribution in [0.25, 0.3) is 0 Å². The Bertz CT molecular complexity index is 791. The van der Waals surface area contributed by atoms with Crippen LogP contribution in [0.3, 0.4) is 0 Å². The minimum atomic E-state index is -1.10. The van der Waals surface area contributed by atoms with Gasteiger partial charge >= 0.3 is 5.97 Å². The SMILES string of the molecule is CCC(O)CC(O)CC1OCC(C)(C)[C@H](C(=O)NCCC(=O)NCCSC(=O)CC(=O)CCC(=O)O)O1. The number of rotatable bonds is 17. The van der Waals surface area contributed by atoms with Crippen LogP contribution in [0.5, 0.6) is 0 Å². The summed E-state index contributed by atoms with van der Waals surface area (Å²) in [5, 5.41) is 33.3. The van der Waals surface area contributed by atoms with Crippen LogP contribution in [0.4, 0.5) is 0 Å². The number of ether oxygens (including phenoxy) is 2. The number of Topliss-reactive ketones (excluding diaryl/α,β-unsaturated/α-hetero) is 1. The molecular weight excluding hydrogens is 508 g/mol. The van der Waals surface area contributed by atoms with Crippen LogP contribution < -0.4 is 10.6 Å². The molecule has 0 aromatic heterocycles. The summed E-state index contributed by atoms with van der Waals surface area (Å²) in [7, 11) is 0. The summed E-state index contributed by atoms with van der Waals surface area (Å²) in [5.41, 5.74) is -0.629. The molecule has 1 saturated heterocycles. The highest BCUT2D eigenvalue weighted by Crippen LogP contribution is 2.32. The zero-order valence-corrected chi connectivity index (χ0v) is 22.5. The van der Waals surface area contributed by atoms with Crippen molar-refractivity contribution in [2.75, 3.05) is 25.4 Å². The summed E-state index contributed by atoms with van der Waals surface area (Å²) in [6.45, 7) is 5.95. The molecule has 1 aliphatic rings. The van der Waals surface area contributed by atoms with Gasteiger partial charge in [-0.25, -0.2) is 0 Å². The molecule has 1 heterocycles. The van der Waals surface area contributed by atoms with Gasteiger partial charge in [0, 0.05) is 43.5 Å². The van der Waals surface area contributed by atoms with Gasteiger partial charge in [-0.1, -0.05) is 32.5 Å². The molecule has 0 bridgehead atoms. The second kappa shape index (κ2) is 16.7. The van der Waals surface area contributed by atoms with E-state index in [2.05, 4.69) is 10.6 Å². The Labute approximate surface area is 221 Å². The van der Waals surface area contributed by atoms with Crippen LogP contribution in [-0.2, 0) is 33.4 Å². The number of carbonyl (C=O) groups is 5. The Morgan fingerprint density at radius 3 is 2.38 bits per heavy atom. The molecule has 37 heavy (non-hydrogen) atoms. The summed E-state index contributed by atoms with van der Waals surface area (Å²) in [5.74, 6) is -2.00. The number of ketones is 1. The number of carboxylic acids is 1. The lowest BCUT2D eigenvalue weighted by molar-refractivity contribution is -0.261. The fraction of sp³-hybridized carbons (Fsp3) is 0.792. The number of carboxylic acid groups (broad SMARTS) is 1. The van der Waals surface area contributed by atoms with Crippen molar-refractivity contribution >= 4 is 40.4 Å². The van der Waals surface area contributed by atoms with Crippen LogP contribution in [0.2, 0.25) is 0 Å². The maximum absolute atomic E-state index is 12.7. The maximum atomic E-state index is 12.7. The van der Waals surface area contributed by atoms with Gasteiger partial charge in [-0.3, -0.25) is 24.0 Å². The number of nitrogens with one attached hydrogen (secondary N) is 2. The zero-order valence-electron chi connectivity index (χ0n) is 21.7.